The molecule has 3 atom stereocenters. The molecule has 5 heteroatoms. The van der Waals surface area contributed by atoms with Crippen LogP contribution in [0.4, 0.5) is 0 Å². The molecule has 4 heterocycles. The van der Waals surface area contributed by atoms with Crippen molar-refractivity contribution in [3.05, 3.63) is 53.3 Å². The van der Waals surface area contributed by atoms with Gasteiger partial charge in [0.1, 0.15) is 0 Å². The van der Waals surface area contributed by atoms with Crippen LogP contribution in [0.1, 0.15) is 47.4 Å². The lowest BCUT2D eigenvalue weighted by Crippen LogP contribution is -2.61. The third kappa shape index (κ3) is 3.17. The van der Waals surface area contributed by atoms with Crippen molar-refractivity contribution in [3.63, 3.8) is 0 Å². The van der Waals surface area contributed by atoms with E-state index in [1.54, 1.807) is 0 Å². The van der Waals surface area contributed by atoms with E-state index in [0.717, 1.165) is 50.1 Å². The number of amides is 2. The van der Waals surface area contributed by atoms with Crippen molar-refractivity contribution >= 4 is 11.8 Å². The van der Waals surface area contributed by atoms with Gasteiger partial charge in [0.2, 0.25) is 5.91 Å². The molecule has 0 N–H and O–H groups in total. The van der Waals surface area contributed by atoms with Crippen molar-refractivity contribution in [2.45, 2.75) is 45.6 Å². The second-order valence-corrected chi connectivity index (χ2v) is 9.08. The van der Waals surface area contributed by atoms with Gasteiger partial charge >= 0.3 is 0 Å². The number of carbonyl (C=O) groups is 2. The number of benzene rings is 1. The van der Waals surface area contributed by atoms with Crippen LogP contribution in [-0.2, 0) is 4.79 Å². The molecule has 2 bridgehead atoms. The van der Waals surface area contributed by atoms with Gasteiger partial charge in [-0.1, -0.05) is 0 Å². The molecule has 0 aliphatic carbocycles. The van der Waals surface area contributed by atoms with Crippen LogP contribution in [0.25, 0.3) is 5.69 Å². The van der Waals surface area contributed by atoms with Crippen LogP contribution < -0.4 is 0 Å². The van der Waals surface area contributed by atoms with E-state index in [4.69, 9.17) is 0 Å². The highest BCUT2D eigenvalue weighted by Gasteiger charge is 2.44. The highest BCUT2D eigenvalue weighted by molar-refractivity contribution is 5.94. The molecule has 2 amide bonds. The van der Waals surface area contributed by atoms with Gasteiger partial charge in [0, 0.05) is 54.7 Å². The molecule has 0 radical (unpaired) electrons. The molecule has 5 nitrogen and oxygen atoms in total. The molecule has 3 fully saturated rings. The molecule has 3 saturated heterocycles. The van der Waals surface area contributed by atoms with Gasteiger partial charge in [-0.15, -0.1) is 0 Å². The molecule has 3 unspecified atom stereocenters. The van der Waals surface area contributed by atoms with E-state index in [0.29, 0.717) is 30.2 Å². The topological polar surface area (TPSA) is 45.6 Å². The number of carbonyl (C=O) groups excluding carboxylic acids is 2. The van der Waals surface area contributed by atoms with E-state index >= 15 is 0 Å². The first kappa shape index (κ1) is 18.5. The molecular weight excluding hydrogens is 362 g/mol. The maximum absolute atomic E-state index is 13.2. The van der Waals surface area contributed by atoms with Crippen molar-refractivity contribution in [3.8, 4) is 5.69 Å². The summed E-state index contributed by atoms with van der Waals surface area (Å²) in [5, 5.41) is 0. The number of rotatable bonds is 2. The SMILES string of the molecule is Cc1ccc(C)n1-c1ccc(C(=O)N2CC3CC(C2)C2CCCC(=O)N2C3)cc1. The fourth-order valence-electron chi connectivity index (χ4n) is 5.79. The van der Waals surface area contributed by atoms with Gasteiger partial charge in [0.25, 0.3) is 5.91 Å². The van der Waals surface area contributed by atoms with E-state index < -0.39 is 0 Å². The normalized spacial score (nSPS) is 26.4. The number of aromatic nitrogens is 1. The number of aryl methyl sites for hydroxylation is 2. The lowest BCUT2D eigenvalue weighted by atomic mass is 9.76. The fourth-order valence-corrected chi connectivity index (χ4v) is 5.79. The first-order valence-corrected chi connectivity index (χ1v) is 10.9. The van der Waals surface area contributed by atoms with Gasteiger partial charge in [-0.2, -0.15) is 0 Å². The van der Waals surface area contributed by atoms with E-state index in [1.807, 2.05) is 29.2 Å². The standard InChI is InChI=1S/C24H29N3O2/c1-16-6-7-17(2)27(16)21-10-8-19(9-11-21)24(29)25-13-18-12-20(15-25)22-4-3-5-23(28)26(22)14-18/h6-11,18,20,22H,3-5,12-15H2,1-2H3. The Morgan fingerprint density at radius 2 is 1.69 bits per heavy atom. The largest absolute Gasteiger partial charge is 0.339 e. The van der Waals surface area contributed by atoms with Crippen molar-refractivity contribution in [1.82, 2.24) is 14.4 Å². The number of hydrogen-bond donors (Lipinski definition) is 0. The molecule has 3 aliphatic heterocycles. The summed E-state index contributed by atoms with van der Waals surface area (Å²) in [4.78, 5) is 29.7. The third-order valence-corrected chi connectivity index (χ3v) is 7.11. The Hall–Kier alpha value is -2.56. The van der Waals surface area contributed by atoms with Crippen LogP contribution in [-0.4, -0.2) is 51.9 Å². The Kier molecular flexibility index (Phi) is 4.49. The lowest BCUT2D eigenvalue weighted by Gasteiger charge is -2.52. The van der Waals surface area contributed by atoms with Crippen LogP contribution in [0.5, 0.6) is 0 Å². The Balaban J connectivity index is 1.33. The molecule has 3 aliphatic rings. The molecule has 0 spiro atoms. The minimum absolute atomic E-state index is 0.128. The third-order valence-electron chi connectivity index (χ3n) is 7.11. The Morgan fingerprint density at radius 3 is 2.41 bits per heavy atom. The zero-order chi connectivity index (χ0) is 20.1. The summed E-state index contributed by atoms with van der Waals surface area (Å²) in [6.45, 7) is 6.56. The highest BCUT2D eigenvalue weighted by Crippen LogP contribution is 2.38. The predicted octanol–water partition coefficient (Wildman–Crippen LogP) is 3.57. The average Bonchev–Trinajstić information content (AvgIpc) is 3.06. The summed E-state index contributed by atoms with van der Waals surface area (Å²) < 4.78 is 2.20. The summed E-state index contributed by atoms with van der Waals surface area (Å²) >= 11 is 0. The van der Waals surface area contributed by atoms with Crippen LogP contribution in [0.3, 0.4) is 0 Å². The minimum Gasteiger partial charge on any atom is -0.339 e. The Bertz CT molecular complexity index is 926. The van der Waals surface area contributed by atoms with Gasteiger partial charge in [0.15, 0.2) is 0 Å². The Morgan fingerprint density at radius 1 is 0.966 bits per heavy atom. The van der Waals surface area contributed by atoms with E-state index in [-0.39, 0.29) is 5.91 Å². The second-order valence-electron chi connectivity index (χ2n) is 9.08. The van der Waals surface area contributed by atoms with Crippen molar-refractivity contribution in [2.75, 3.05) is 19.6 Å². The molecule has 1 aromatic heterocycles. The number of fused-ring (bicyclic) bond motifs is 4. The molecule has 0 saturated carbocycles. The number of nitrogens with zero attached hydrogens (tertiary/aromatic N) is 3. The monoisotopic (exact) mass is 391 g/mol. The fraction of sp³-hybridized carbons (Fsp3) is 0.500. The van der Waals surface area contributed by atoms with Gasteiger partial charge < -0.3 is 14.4 Å². The molecule has 29 heavy (non-hydrogen) atoms. The van der Waals surface area contributed by atoms with Crippen LogP contribution in [0.15, 0.2) is 36.4 Å². The molecule has 2 aromatic rings. The smallest absolute Gasteiger partial charge is 0.253 e. The number of piperidine rings is 3. The number of hydrogen-bond acceptors (Lipinski definition) is 2. The maximum atomic E-state index is 13.2. The summed E-state index contributed by atoms with van der Waals surface area (Å²) in [7, 11) is 0. The summed E-state index contributed by atoms with van der Waals surface area (Å²) in [5.74, 6) is 1.30. The van der Waals surface area contributed by atoms with Crippen molar-refractivity contribution < 1.29 is 9.59 Å². The summed E-state index contributed by atoms with van der Waals surface area (Å²) in [6.07, 6.45) is 3.94. The zero-order valence-corrected chi connectivity index (χ0v) is 17.3. The van der Waals surface area contributed by atoms with Gasteiger partial charge in [0.05, 0.1) is 0 Å². The maximum Gasteiger partial charge on any atom is 0.253 e. The zero-order valence-electron chi connectivity index (χ0n) is 17.3. The van der Waals surface area contributed by atoms with Crippen LogP contribution in [0.2, 0.25) is 0 Å². The highest BCUT2D eigenvalue weighted by atomic mass is 16.2. The molecule has 1 aromatic carbocycles. The molecule has 5 rings (SSSR count). The van der Waals surface area contributed by atoms with Gasteiger partial charge in [-0.3, -0.25) is 9.59 Å². The van der Waals surface area contributed by atoms with Gasteiger partial charge in [-0.25, -0.2) is 0 Å². The van der Waals surface area contributed by atoms with Crippen LogP contribution >= 0.6 is 0 Å². The van der Waals surface area contributed by atoms with Crippen molar-refractivity contribution in [1.29, 1.82) is 0 Å². The van der Waals surface area contributed by atoms with E-state index in [9.17, 15) is 9.59 Å². The lowest BCUT2D eigenvalue weighted by molar-refractivity contribution is -0.144. The summed E-state index contributed by atoms with van der Waals surface area (Å²) in [6, 6.07) is 12.6. The van der Waals surface area contributed by atoms with Crippen molar-refractivity contribution in [2.24, 2.45) is 11.8 Å². The van der Waals surface area contributed by atoms with Crippen LogP contribution in [0, 0.1) is 25.7 Å². The first-order valence-electron chi connectivity index (χ1n) is 10.9. The molecule has 152 valence electrons. The molecular formula is C24H29N3O2. The second kappa shape index (κ2) is 7.05. The number of likely N-dealkylation sites (tertiary alicyclic amines) is 1. The Labute approximate surface area is 172 Å². The minimum atomic E-state index is 0.128. The van der Waals surface area contributed by atoms with E-state index in [1.165, 1.54) is 11.4 Å². The van der Waals surface area contributed by atoms with E-state index in [2.05, 4.69) is 35.4 Å². The van der Waals surface area contributed by atoms with Gasteiger partial charge in [-0.05, 0) is 81.3 Å². The summed E-state index contributed by atoms with van der Waals surface area (Å²) in [5.41, 5.74) is 4.23. The predicted molar refractivity (Wildman–Crippen MR) is 112 cm³/mol. The first-order chi connectivity index (χ1) is 14.0. The average molecular weight is 392 g/mol. The quantitative estimate of drug-likeness (QED) is 0.786.